The first kappa shape index (κ1) is 30.0. The van der Waals surface area contributed by atoms with Crippen molar-refractivity contribution in [3.63, 3.8) is 0 Å². The fourth-order valence-electron chi connectivity index (χ4n) is 4.79. The summed E-state index contributed by atoms with van der Waals surface area (Å²) in [6, 6.07) is 17.2. The predicted molar refractivity (Wildman–Crippen MR) is 171 cm³/mol. The Kier molecular flexibility index (Phi) is 7.59. The highest BCUT2D eigenvalue weighted by Crippen LogP contribution is 2.68. The minimum Gasteiger partial charge on any atom is -0.424 e. The number of ether oxygens (including phenoxy) is 2. The summed E-state index contributed by atoms with van der Waals surface area (Å²) >= 11 is 4.08. The molecule has 4 aliphatic heterocycles. The van der Waals surface area contributed by atoms with Gasteiger partial charge in [-0.2, -0.15) is 0 Å². The zero-order valence-electron chi connectivity index (χ0n) is 23.6. The van der Waals surface area contributed by atoms with Crippen LogP contribution in [0, 0.1) is 0 Å². The molecule has 0 spiro atoms. The van der Waals surface area contributed by atoms with E-state index in [1.54, 1.807) is 60.7 Å². The molecule has 0 atom stereocenters. The number of hydrazine groups is 2. The highest BCUT2D eigenvalue weighted by Gasteiger charge is 2.46. The van der Waals surface area contributed by atoms with Crippen LogP contribution in [0.2, 0.25) is 0 Å². The zero-order valence-corrected chi connectivity index (χ0v) is 26.8. The molecular weight excluding hydrogens is 673 g/mol. The second-order valence-electron chi connectivity index (χ2n) is 9.73. The van der Waals surface area contributed by atoms with Crippen LogP contribution >= 0.6 is 47.0 Å². The average Bonchev–Trinajstić information content (AvgIpc) is 3.79. The molecule has 0 aliphatic carbocycles. The van der Waals surface area contributed by atoms with Gasteiger partial charge in [0.05, 0.1) is 39.4 Å². The number of hydrogen-bond acceptors (Lipinski definition) is 12. The second-order valence-corrected chi connectivity index (χ2v) is 14.3. The van der Waals surface area contributed by atoms with Gasteiger partial charge in [-0.05, 0) is 24.3 Å². The molecule has 7 rings (SSSR count). The Bertz CT molecular complexity index is 1810. The minimum atomic E-state index is -0.655. The fourth-order valence-corrected chi connectivity index (χ4v) is 10.3. The number of para-hydroxylation sites is 2. The number of thioether (sulfide) groups is 4. The van der Waals surface area contributed by atoms with E-state index in [0.29, 0.717) is 39.4 Å². The summed E-state index contributed by atoms with van der Waals surface area (Å²) in [5.41, 5.74) is 5.82. The zero-order chi connectivity index (χ0) is 32.3. The molecule has 3 aromatic rings. The highest BCUT2D eigenvalue weighted by molar-refractivity contribution is 8.26. The second kappa shape index (κ2) is 11.6. The lowest BCUT2D eigenvalue weighted by atomic mass is 10.2. The Labute approximate surface area is 277 Å². The molecular formula is C30H18N4O8S4. The van der Waals surface area contributed by atoms with Crippen LogP contribution in [0.1, 0.15) is 13.8 Å². The standard InChI is InChI=1S/C30H18N4O8S4/c1-13(35)41-19-21-23(45-29(43-21)17-25(37)31-33(27(17)39)15-9-5-3-6-10-15)20(42-14(2)36)24-22(19)44-30(46-24)18-26(38)32-34(28(18)40)16-11-7-4-8-12-16/h3-12H,1-2H3,(H,31,37)(H,32,38). The van der Waals surface area contributed by atoms with Crippen molar-refractivity contribution in [2.24, 2.45) is 0 Å². The van der Waals surface area contributed by atoms with Gasteiger partial charge in [-0.25, -0.2) is 10.0 Å². The van der Waals surface area contributed by atoms with Gasteiger partial charge >= 0.3 is 11.9 Å². The van der Waals surface area contributed by atoms with Crippen LogP contribution in [0.25, 0.3) is 0 Å². The molecule has 2 fully saturated rings. The summed E-state index contributed by atoms with van der Waals surface area (Å²) in [6.07, 6.45) is 0. The molecule has 3 aromatic carbocycles. The lowest BCUT2D eigenvalue weighted by Gasteiger charge is -2.15. The van der Waals surface area contributed by atoms with E-state index in [0.717, 1.165) is 57.1 Å². The van der Waals surface area contributed by atoms with Gasteiger partial charge in [0, 0.05) is 13.8 Å². The monoisotopic (exact) mass is 690 g/mol. The topological polar surface area (TPSA) is 151 Å². The summed E-state index contributed by atoms with van der Waals surface area (Å²) in [5.74, 6) is -3.56. The van der Waals surface area contributed by atoms with Crippen molar-refractivity contribution in [2.75, 3.05) is 10.0 Å². The van der Waals surface area contributed by atoms with E-state index in [4.69, 9.17) is 9.47 Å². The first-order valence-electron chi connectivity index (χ1n) is 13.3. The summed E-state index contributed by atoms with van der Waals surface area (Å²) in [5, 5.41) is 2.28. The predicted octanol–water partition coefficient (Wildman–Crippen LogP) is 4.51. The molecule has 0 radical (unpaired) electrons. The fraction of sp³-hybridized carbons (Fsp3) is 0.0667. The van der Waals surface area contributed by atoms with Gasteiger partial charge in [-0.3, -0.25) is 39.6 Å². The van der Waals surface area contributed by atoms with Crippen LogP contribution < -0.4 is 30.3 Å². The Balaban J connectivity index is 1.32. The number of carbonyl (C=O) groups excluding carboxylic acids is 6. The molecule has 0 bridgehead atoms. The van der Waals surface area contributed by atoms with Gasteiger partial charge in [0.2, 0.25) is 0 Å². The number of hydrogen-bond donors (Lipinski definition) is 2. The molecule has 0 unspecified atom stereocenters. The normalized spacial score (nSPS) is 17.0. The average molecular weight is 691 g/mol. The Morgan fingerprint density at radius 2 is 0.891 bits per heavy atom. The quantitative estimate of drug-likeness (QED) is 0.172. The molecule has 0 aromatic heterocycles. The van der Waals surface area contributed by atoms with Gasteiger partial charge < -0.3 is 9.47 Å². The summed E-state index contributed by atoms with van der Waals surface area (Å²) in [4.78, 5) is 79.2. The van der Waals surface area contributed by atoms with E-state index in [9.17, 15) is 28.8 Å². The number of esters is 2. The van der Waals surface area contributed by atoms with E-state index >= 15 is 0 Å². The number of benzene rings is 3. The third-order valence-electron chi connectivity index (χ3n) is 6.66. The van der Waals surface area contributed by atoms with E-state index < -0.39 is 35.6 Å². The van der Waals surface area contributed by atoms with Crippen LogP contribution in [0.5, 0.6) is 11.5 Å². The minimum absolute atomic E-state index is 0.0890. The lowest BCUT2D eigenvalue weighted by Crippen LogP contribution is -2.35. The van der Waals surface area contributed by atoms with Crippen molar-refractivity contribution in [1.82, 2.24) is 10.9 Å². The largest absolute Gasteiger partial charge is 0.424 e. The maximum Gasteiger partial charge on any atom is 0.308 e. The van der Waals surface area contributed by atoms with Gasteiger partial charge in [0.15, 0.2) is 11.5 Å². The number of anilines is 2. The van der Waals surface area contributed by atoms with Crippen LogP contribution in [-0.4, -0.2) is 35.6 Å². The Morgan fingerprint density at radius 1 is 0.565 bits per heavy atom. The number of nitrogens with one attached hydrogen (secondary N) is 2. The van der Waals surface area contributed by atoms with Gasteiger partial charge in [0.25, 0.3) is 23.6 Å². The van der Waals surface area contributed by atoms with Crippen LogP contribution in [0.15, 0.2) is 99.9 Å². The third-order valence-corrected chi connectivity index (χ3v) is 11.9. The van der Waals surface area contributed by atoms with Crippen LogP contribution in [0.4, 0.5) is 11.4 Å². The van der Waals surface area contributed by atoms with Crippen molar-refractivity contribution >= 4 is 94.0 Å². The van der Waals surface area contributed by atoms with Gasteiger partial charge in [0.1, 0.15) is 11.1 Å². The molecule has 12 nitrogen and oxygen atoms in total. The molecule has 2 saturated heterocycles. The molecule has 46 heavy (non-hydrogen) atoms. The highest BCUT2D eigenvalue weighted by atomic mass is 32.2. The van der Waals surface area contributed by atoms with Crippen molar-refractivity contribution in [3.8, 4) is 11.5 Å². The molecule has 2 N–H and O–H groups in total. The first-order chi connectivity index (χ1) is 22.1. The van der Waals surface area contributed by atoms with E-state index in [2.05, 4.69) is 10.9 Å². The molecule has 230 valence electrons. The van der Waals surface area contributed by atoms with Crippen molar-refractivity contribution in [1.29, 1.82) is 0 Å². The number of amides is 4. The molecule has 0 saturated carbocycles. The maximum atomic E-state index is 13.5. The number of carbonyl (C=O) groups is 6. The molecule has 16 heteroatoms. The summed E-state index contributed by atoms with van der Waals surface area (Å²) < 4.78 is 12.0. The van der Waals surface area contributed by atoms with Gasteiger partial charge in [-0.15, -0.1) is 0 Å². The van der Waals surface area contributed by atoms with Crippen LogP contribution in [-0.2, 0) is 28.8 Å². The van der Waals surface area contributed by atoms with E-state index in [-0.39, 0.29) is 22.6 Å². The summed E-state index contributed by atoms with van der Waals surface area (Å²) in [7, 11) is 0. The number of fused-ring (bicyclic) bond motifs is 2. The number of nitrogens with zero attached hydrogens (tertiary/aromatic N) is 2. The van der Waals surface area contributed by atoms with Crippen molar-refractivity contribution in [2.45, 2.75) is 33.4 Å². The SMILES string of the molecule is CC(=O)Oc1c2c(c(OC(C)=O)c3c1SC(=C1C(=O)NN(c4ccccc4)C1=O)S3)SC(=C1C(=O)NN(c3ccccc3)C1=O)S2. The first-order valence-corrected chi connectivity index (χ1v) is 16.6. The van der Waals surface area contributed by atoms with Crippen molar-refractivity contribution < 1.29 is 38.2 Å². The van der Waals surface area contributed by atoms with Gasteiger partial charge in [-0.1, -0.05) is 83.4 Å². The van der Waals surface area contributed by atoms with Crippen LogP contribution in [0.3, 0.4) is 0 Å². The van der Waals surface area contributed by atoms with Crippen molar-refractivity contribution in [3.05, 3.63) is 80.3 Å². The number of rotatable bonds is 4. The van der Waals surface area contributed by atoms with E-state index in [1.165, 1.54) is 13.8 Å². The molecule has 4 aliphatic rings. The maximum absolute atomic E-state index is 13.5. The Morgan fingerprint density at radius 3 is 1.20 bits per heavy atom. The summed E-state index contributed by atoms with van der Waals surface area (Å²) in [6.45, 7) is 2.43. The molecule has 4 heterocycles. The Hall–Kier alpha value is -4.64. The third kappa shape index (κ3) is 5.02. The molecule has 4 amide bonds. The van der Waals surface area contributed by atoms with E-state index in [1.807, 2.05) is 0 Å². The smallest absolute Gasteiger partial charge is 0.308 e. The lowest BCUT2D eigenvalue weighted by molar-refractivity contribution is -0.133.